The fourth-order valence-corrected chi connectivity index (χ4v) is 2.42. The Morgan fingerprint density at radius 3 is 2.35 bits per heavy atom. The number of para-hydroxylation sites is 1. The van der Waals surface area contributed by atoms with Crippen molar-refractivity contribution >= 4 is 27.2 Å². The molecule has 0 aliphatic carbocycles. The Kier molecular flexibility index (Phi) is 5.56. The molecule has 0 amide bonds. The number of hydrogen-bond donors (Lipinski definition) is 5. The van der Waals surface area contributed by atoms with E-state index in [4.69, 9.17) is 9.66 Å². The molecule has 0 heterocycles. The van der Waals surface area contributed by atoms with Crippen LogP contribution in [0.5, 0.6) is 0 Å². The Hall–Kier alpha value is -2.13. The summed E-state index contributed by atoms with van der Waals surface area (Å²) in [6.07, 6.45) is -0.992. The fraction of sp³-hybridized carbons (Fsp3) is 0.200. The molecule has 0 radical (unpaired) electrons. The van der Waals surface area contributed by atoms with Gasteiger partial charge in [0.2, 0.25) is 0 Å². The highest BCUT2D eigenvalue weighted by Gasteiger charge is 2.14. The third-order valence-corrected chi connectivity index (χ3v) is 3.93. The second-order valence-electron chi connectivity index (χ2n) is 4.89. The maximum absolute atomic E-state index is 11.3. The first-order valence-electron chi connectivity index (χ1n) is 6.86. The Bertz CT molecular complexity index is 750. The van der Waals surface area contributed by atoms with Gasteiger partial charge in [-0.3, -0.25) is 4.55 Å². The predicted octanol–water partition coefficient (Wildman–Crippen LogP) is 1.44. The van der Waals surface area contributed by atoms with Crippen molar-refractivity contribution in [1.29, 1.82) is 0 Å². The first-order valence-corrected chi connectivity index (χ1v) is 8.30. The van der Waals surface area contributed by atoms with Crippen LogP contribution in [0.2, 0.25) is 0 Å². The van der Waals surface area contributed by atoms with E-state index in [0.717, 1.165) is 5.69 Å². The minimum Gasteiger partial charge on any atom is -0.394 e. The third kappa shape index (κ3) is 4.93. The van der Waals surface area contributed by atoms with E-state index < -0.39 is 22.8 Å². The molecule has 0 aliphatic rings. The van der Waals surface area contributed by atoms with Gasteiger partial charge in [-0.25, -0.2) is 0 Å². The summed E-state index contributed by atoms with van der Waals surface area (Å²) in [5.41, 5.74) is 1.73. The van der Waals surface area contributed by atoms with E-state index in [1.165, 1.54) is 18.2 Å². The molecule has 0 spiro atoms. The minimum absolute atomic E-state index is 0.0227. The van der Waals surface area contributed by atoms with Crippen LogP contribution in [0.4, 0.5) is 17.1 Å². The molecule has 1 unspecified atom stereocenters. The number of nitrogens with one attached hydrogen (secondary N) is 2. The van der Waals surface area contributed by atoms with Crippen LogP contribution >= 0.6 is 0 Å². The number of aliphatic hydroxyl groups is 2. The van der Waals surface area contributed by atoms with Gasteiger partial charge in [0, 0.05) is 12.2 Å². The highest BCUT2D eigenvalue weighted by atomic mass is 32.2. The predicted molar refractivity (Wildman–Crippen MR) is 87.6 cm³/mol. The van der Waals surface area contributed by atoms with Crippen LogP contribution in [0, 0.1) is 0 Å². The van der Waals surface area contributed by atoms with E-state index in [1.54, 1.807) is 0 Å². The summed E-state index contributed by atoms with van der Waals surface area (Å²) in [4.78, 5) is -0.267. The van der Waals surface area contributed by atoms with Gasteiger partial charge in [0.25, 0.3) is 10.1 Å². The number of aliphatic hydroxyl groups excluding tert-OH is 2. The molecule has 0 bridgehead atoms. The summed E-state index contributed by atoms with van der Waals surface area (Å²) >= 11 is 0. The lowest BCUT2D eigenvalue weighted by molar-refractivity contribution is 0.105. The summed E-state index contributed by atoms with van der Waals surface area (Å²) in [6.45, 7) is -0.401. The molecule has 0 aliphatic heterocycles. The van der Waals surface area contributed by atoms with Crippen LogP contribution in [0.15, 0.2) is 53.4 Å². The van der Waals surface area contributed by atoms with E-state index in [-0.39, 0.29) is 11.4 Å². The van der Waals surface area contributed by atoms with Crippen LogP contribution in [0.1, 0.15) is 0 Å². The normalized spacial score (nSPS) is 12.7. The summed E-state index contributed by atoms with van der Waals surface area (Å²) in [5, 5.41) is 24.2. The SMILES string of the molecule is O=S(=O)(O)c1ccc(Nc2ccccc2)c(NCC(O)CO)c1. The van der Waals surface area contributed by atoms with Crippen molar-refractivity contribution in [2.24, 2.45) is 0 Å². The standard InChI is InChI=1S/C15H18N2O5S/c18-10-12(19)9-16-15-8-13(23(20,21)22)6-7-14(15)17-11-4-2-1-3-5-11/h1-8,12,16-19H,9-10H2,(H,20,21,22). The van der Waals surface area contributed by atoms with Gasteiger partial charge in [0.1, 0.15) is 0 Å². The zero-order valence-corrected chi connectivity index (χ0v) is 13.0. The topological polar surface area (TPSA) is 119 Å². The van der Waals surface area contributed by atoms with Crippen molar-refractivity contribution in [2.75, 3.05) is 23.8 Å². The maximum Gasteiger partial charge on any atom is 0.294 e. The third-order valence-electron chi connectivity index (χ3n) is 3.08. The second-order valence-corrected chi connectivity index (χ2v) is 6.31. The number of hydrogen-bond acceptors (Lipinski definition) is 6. The van der Waals surface area contributed by atoms with E-state index in [2.05, 4.69) is 10.6 Å². The number of anilines is 3. The second kappa shape index (κ2) is 7.42. The lowest BCUT2D eigenvalue weighted by Crippen LogP contribution is -2.23. The molecular formula is C15H18N2O5S. The zero-order valence-electron chi connectivity index (χ0n) is 12.2. The molecule has 5 N–H and O–H groups in total. The van der Waals surface area contributed by atoms with Gasteiger partial charge in [-0.2, -0.15) is 8.42 Å². The van der Waals surface area contributed by atoms with E-state index in [9.17, 15) is 13.5 Å². The smallest absolute Gasteiger partial charge is 0.294 e. The summed E-state index contributed by atoms with van der Waals surface area (Å²) in [7, 11) is -4.34. The minimum atomic E-state index is -4.34. The van der Waals surface area contributed by atoms with Crippen LogP contribution in [-0.4, -0.2) is 42.4 Å². The lowest BCUT2D eigenvalue weighted by atomic mass is 10.2. The highest BCUT2D eigenvalue weighted by molar-refractivity contribution is 7.85. The molecule has 1 atom stereocenters. The van der Waals surface area contributed by atoms with Crippen LogP contribution in [0.25, 0.3) is 0 Å². The Balaban J connectivity index is 2.32. The lowest BCUT2D eigenvalue weighted by Gasteiger charge is -2.16. The Morgan fingerprint density at radius 2 is 1.74 bits per heavy atom. The zero-order chi connectivity index (χ0) is 16.9. The number of rotatable bonds is 7. The molecule has 23 heavy (non-hydrogen) atoms. The van der Waals surface area contributed by atoms with Crippen molar-refractivity contribution in [3.8, 4) is 0 Å². The van der Waals surface area contributed by atoms with Crippen LogP contribution in [0.3, 0.4) is 0 Å². The van der Waals surface area contributed by atoms with Gasteiger partial charge in [-0.1, -0.05) is 18.2 Å². The van der Waals surface area contributed by atoms with Gasteiger partial charge < -0.3 is 20.8 Å². The van der Waals surface area contributed by atoms with Crippen LogP contribution < -0.4 is 10.6 Å². The molecule has 0 saturated carbocycles. The van der Waals surface area contributed by atoms with Gasteiger partial charge >= 0.3 is 0 Å². The molecule has 0 fully saturated rings. The van der Waals surface area contributed by atoms with E-state index in [0.29, 0.717) is 11.4 Å². The average molecular weight is 338 g/mol. The van der Waals surface area contributed by atoms with Gasteiger partial charge in [0.05, 0.1) is 29.0 Å². The molecule has 7 nitrogen and oxygen atoms in total. The largest absolute Gasteiger partial charge is 0.394 e. The van der Waals surface area contributed by atoms with E-state index >= 15 is 0 Å². The Labute approximate surface area is 134 Å². The molecule has 8 heteroatoms. The summed E-state index contributed by atoms with van der Waals surface area (Å²) < 4.78 is 31.7. The first kappa shape index (κ1) is 17.2. The molecule has 0 aromatic heterocycles. The van der Waals surface area contributed by atoms with Crippen molar-refractivity contribution in [3.63, 3.8) is 0 Å². The summed E-state index contributed by atoms with van der Waals surface area (Å²) in [5.74, 6) is 0. The molecule has 124 valence electrons. The maximum atomic E-state index is 11.3. The molecule has 2 rings (SSSR count). The van der Waals surface area contributed by atoms with Crippen molar-refractivity contribution in [2.45, 2.75) is 11.0 Å². The molecule has 2 aromatic rings. The summed E-state index contributed by atoms with van der Waals surface area (Å²) in [6, 6.07) is 13.3. The van der Waals surface area contributed by atoms with Crippen LogP contribution in [-0.2, 0) is 10.1 Å². The highest BCUT2D eigenvalue weighted by Crippen LogP contribution is 2.28. The monoisotopic (exact) mass is 338 g/mol. The van der Waals surface area contributed by atoms with Gasteiger partial charge in [-0.05, 0) is 30.3 Å². The molecular weight excluding hydrogens is 320 g/mol. The molecule has 2 aromatic carbocycles. The number of benzene rings is 2. The average Bonchev–Trinajstić information content (AvgIpc) is 2.53. The van der Waals surface area contributed by atoms with Crippen molar-refractivity contribution in [3.05, 3.63) is 48.5 Å². The van der Waals surface area contributed by atoms with Gasteiger partial charge in [0.15, 0.2) is 0 Å². The Morgan fingerprint density at radius 1 is 1.04 bits per heavy atom. The van der Waals surface area contributed by atoms with Crippen molar-refractivity contribution in [1.82, 2.24) is 0 Å². The molecule has 0 saturated heterocycles. The van der Waals surface area contributed by atoms with E-state index in [1.807, 2.05) is 30.3 Å². The first-order chi connectivity index (χ1) is 10.9. The quantitative estimate of drug-likeness (QED) is 0.485. The fourth-order valence-electron chi connectivity index (χ4n) is 1.91. The van der Waals surface area contributed by atoms with Crippen molar-refractivity contribution < 1.29 is 23.2 Å². The van der Waals surface area contributed by atoms with Gasteiger partial charge in [-0.15, -0.1) is 0 Å².